The maximum Gasteiger partial charge on any atom is 0.0917 e. The zero-order valence-electron chi connectivity index (χ0n) is 10.4. The van der Waals surface area contributed by atoms with Gasteiger partial charge in [0.15, 0.2) is 0 Å². The first-order valence-electron chi connectivity index (χ1n) is 5.60. The van der Waals surface area contributed by atoms with Gasteiger partial charge in [-0.1, -0.05) is 12.2 Å². The van der Waals surface area contributed by atoms with Crippen molar-refractivity contribution >= 4 is 23.4 Å². The van der Waals surface area contributed by atoms with Crippen molar-refractivity contribution in [2.75, 3.05) is 7.05 Å². The van der Waals surface area contributed by atoms with E-state index >= 15 is 0 Å². The smallest absolute Gasteiger partial charge is 0.0917 e. The summed E-state index contributed by atoms with van der Waals surface area (Å²) in [6, 6.07) is 0. The van der Waals surface area contributed by atoms with Crippen LogP contribution in [-0.2, 0) is 0 Å². The lowest BCUT2D eigenvalue weighted by Crippen LogP contribution is -1.98. The van der Waals surface area contributed by atoms with Crippen LogP contribution in [0.5, 0.6) is 0 Å². The molecule has 2 rings (SSSR count). The van der Waals surface area contributed by atoms with E-state index in [1.54, 1.807) is 30.2 Å². The van der Waals surface area contributed by atoms with E-state index in [0.29, 0.717) is 0 Å². The Labute approximate surface area is 105 Å². The summed E-state index contributed by atoms with van der Waals surface area (Å²) in [5.41, 5.74) is 9.06. The van der Waals surface area contributed by atoms with E-state index in [4.69, 9.17) is 5.73 Å². The molecule has 92 valence electrons. The Balaban J connectivity index is 2.52. The van der Waals surface area contributed by atoms with Crippen LogP contribution in [0.25, 0.3) is 17.2 Å². The molecule has 0 saturated carbocycles. The lowest BCUT2D eigenvalue weighted by Gasteiger charge is -2.01. The summed E-state index contributed by atoms with van der Waals surface area (Å²) in [6.07, 6.45) is 12.5. The number of nitrogens with two attached hydrogens (primary N) is 1. The average Bonchev–Trinajstić information content (AvgIpc) is 2.79. The van der Waals surface area contributed by atoms with Crippen molar-refractivity contribution in [3.8, 4) is 0 Å². The van der Waals surface area contributed by atoms with Gasteiger partial charge in [-0.15, -0.1) is 0 Å². The molecular weight excluding hydrogens is 226 g/mol. The molecule has 0 aliphatic heterocycles. The average molecular weight is 241 g/mol. The van der Waals surface area contributed by atoms with E-state index < -0.39 is 0 Å². The summed E-state index contributed by atoms with van der Waals surface area (Å²) in [5, 5.41) is 4.29. The SMILES string of the molecule is C/C=C/c1cnn2cc(/C(C=NC)=C/N)ncc12. The molecule has 2 N–H and O–H groups in total. The molecule has 5 heteroatoms. The highest BCUT2D eigenvalue weighted by Gasteiger charge is 2.05. The van der Waals surface area contributed by atoms with Gasteiger partial charge < -0.3 is 5.73 Å². The first-order valence-corrected chi connectivity index (χ1v) is 5.60. The van der Waals surface area contributed by atoms with Crippen molar-refractivity contribution < 1.29 is 0 Å². The largest absolute Gasteiger partial charge is 0.404 e. The molecule has 0 aliphatic carbocycles. The summed E-state index contributed by atoms with van der Waals surface area (Å²) in [7, 11) is 1.69. The molecule has 0 radical (unpaired) electrons. The van der Waals surface area contributed by atoms with Crippen LogP contribution in [0.15, 0.2) is 35.9 Å². The molecule has 0 saturated heterocycles. The molecule has 5 nitrogen and oxygen atoms in total. The number of rotatable bonds is 3. The zero-order valence-corrected chi connectivity index (χ0v) is 10.4. The van der Waals surface area contributed by atoms with Crippen molar-refractivity contribution in [3.63, 3.8) is 0 Å². The second-order valence-electron chi connectivity index (χ2n) is 3.71. The molecule has 0 unspecified atom stereocenters. The molecule has 0 atom stereocenters. The van der Waals surface area contributed by atoms with E-state index in [9.17, 15) is 0 Å². The molecule has 2 heterocycles. The second-order valence-corrected chi connectivity index (χ2v) is 3.71. The summed E-state index contributed by atoms with van der Waals surface area (Å²) >= 11 is 0. The number of nitrogens with zero attached hydrogens (tertiary/aromatic N) is 4. The van der Waals surface area contributed by atoms with Gasteiger partial charge in [0.2, 0.25) is 0 Å². The van der Waals surface area contributed by atoms with E-state index in [-0.39, 0.29) is 0 Å². The fourth-order valence-corrected chi connectivity index (χ4v) is 1.69. The van der Waals surface area contributed by atoms with Crippen LogP contribution < -0.4 is 5.73 Å². The molecule has 2 aromatic heterocycles. The minimum absolute atomic E-state index is 0.741. The van der Waals surface area contributed by atoms with Crippen molar-refractivity contribution in [1.29, 1.82) is 0 Å². The fourth-order valence-electron chi connectivity index (χ4n) is 1.69. The van der Waals surface area contributed by atoms with E-state index in [2.05, 4.69) is 15.1 Å². The number of allylic oxidation sites excluding steroid dienone is 2. The van der Waals surface area contributed by atoms with Crippen LogP contribution in [0.4, 0.5) is 0 Å². The lowest BCUT2D eigenvalue weighted by atomic mass is 10.2. The number of aromatic nitrogens is 3. The summed E-state index contributed by atoms with van der Waals surface area (Å²) in [4.78, 5) is 8.32. The van der Waals surface area contributed by atoms with Crippen molar-refractivity contribution in [1.82, 2.24) is 14.6 Å². The Kier molecular flexibility index (Phi) is 3.52. The van der Waals surface area contributed by atoms with Gasteiger partial charge in [-0.2, -0.15) is 5.10 Å². The Bertz CT molecular complexity index is 634. The van der Waals surface area contributed by atoms with Crippen LogP contribution in [0, 0.1) is 0 Å². The van der Waals surface area contributed by atoms with Crippen molar-refractivity contribution in [3.05, 3.63) is 42.1 Å². The number of hydrogen-bond donors (Lipinski definition) is 1. The number of aliphatic imine (C=N–C) groups is 1. The van der Waals surface area contributed by atoms with Crippen LogP contribution >= 0.6 is 0 Å². The Morgan fingerprint density at radius 1 is 1.44 bits per heavy atom. The third kappa shape index (κ3) is 2.15. The monoisotopic (exact) mass is 241 g/mol. The Morgan fingerprint density at radius 3 is 2.94 bits per heavy atom. The van der Waals surface area contributed by atoms with Gasteiger partial charge in [0.05, 0.1) is 29.8 Å². The molecule has 2 aromatic rings. The van der Waals surface area contributed by atoms with Gasteiger partial charge in [-0.25, -0.2) is 4.52 Å². The molecule has 0 bridgehead atoms. The normalized spacial score (nSPS) is 13.1. The lowest BCUT2D eigenvalue weighted by molar-refractivity contribution is 0.940. The van der Waals surface area contributed by atoms with Gasteiger partial charge in [0.1, 0.15) is 0 Å². The highest BCUT2D eigenvalue weighted by Crippen LogP contribution is 2.14. The molecule has 0 amide bonds. The van der Waals surface area contributed by atoms with Crippen LogP contribution in [-0.4, -0.2) is 27.9 Å². The van der Waals surface area contributed by atoms with Crippen molar-refractivity contribution in [2.24, 2.45) is 10.7 Å². The second kappa shape index (κ2) is 5.27. The van der Waals surface area contributed by atoms with Gasteiger partial charge in [0.25, 0.3) is 0 Å². The first kappa shape index (κ1) is 12.0. The van der Waals surface area contributed by atoms with E-state index in [1.165, 1.54) is 6.20 Å². The predicted octanol–water partition coefficient (Wildman–Crippen LogP) is 1.76. The molecule has 0 fully saturated rings. The Hall–Kier alpha value is -2.43. The number of fused-ring (bicyclic) bond motifs is 1. The summed E-state index contributed by atoms with van der Waals surface area (Å²) in [5.74, 6) is 0. The standard InChI is InChI=1S/C13H15N5/c1-3-4-10-7-17-18-9-12(16-8-13(10)18)11(5-14)6-15-2/h3-9H,14H2,1-2H3/b4-3+,11-5+,15-6?. The quantitative estimate of drug-likeness (QED) is 0.832. The highest BCUT2D eigenvalue weighted by atomic mass is 15.2. The fraction of sp³-hybridized carbons (Fsp3) is 0.154. The minimum atomic E-state index is 0.741. The van der Waals surface area contributed by atoms with Gasteiger partial charge in [-0.05, 0) is 6.92 Å². The summed E-state index contributed by atoms with van der Waals surface area (Å²) in [6.45, 7) is 1.97. The van der Waals surface area contributed by atoms with Gasteiger partial charge >= 0.3 is 0 Å². The molecular formula is C13H15N5. The Morgan fingerprint density at radius 2 is 2.28 bits per heavy atom. The molecule has 0 aromatic carbocycles. The maximum absolute atomic E-state index is 5.55. The van der Waals surface area contributed by atoms with Gasteiger partial charge in [0, 0.05) is 30.6 Å². The van der Waals surface area contributed by atoms with Crippen LogP contribution in [0.2, 0.25) is 0 Å². The van der Waals surface area contributed by atoms with Gasteiger partial charge in [-0.3, -0.25) is 9.98 Å². The molecule has 18 heavy (non-hydrogen) atoms. The summed E-state index contributed by atoms with van der Waals surface area (Å²) < 4.78 is 1.78. The van der Waals surface area contributed by atoms with Crippen molar-refractivity contribution in [2.45, 2.75) is 6.92 Å². The zero-order chi connectivity index (χ0) is 13.0. The molecule has 0 aliphatic rings. The third-order valence-corrected chi connectivity index (χ3v) is 2.52. The topological polar surface area (TPSA) is 68.6 Å². The highest BCUT2D eigenvalue weighted by molar-refractivity contribution is 6.08. The van der Waals surface area contributed by atoms with Crippen LogP contribution in [0.3, 0.4) is 0 Å². The van der Waals surface area contributed by atoms with Crippen LogP contribution in [0.1, 0.15) is 18.2 Å². The third-order valence-electron chi connectivity index (χ3n) is 2.52. The first-order chi connectivity index (χ1) is 8.80. The molecule has 0 spiro atoms. The predicted molar refractivity (Wildman–Crippen MR) is 74.3 cm³/mol. The minimum Gasteiger partial charge on any atom is -0.404 e. The number of hydrogen-bond acceptors (Lipinski definition) is 4. The maximum atomic E-state index is 5.55. The van der Waals surface area contributed by atoms with E-state index in [1.807, 2.05) is 25.3 Å². The van der Waals surface area contributed by atoms with E-state index in [0.717, 1.165) is 22.3 Å².